The predicted octanol–water partition coefficient (Wildman–Crippen LogP) is 4.05. The van der Waals surface area contributed by atoms with Gasteiger partial charge in [0.1, 0.15) is 12.4 Å². The molecule has 1 fully saturated rings. The van der Waals surface area contributed by atoms with Crippen molar-refractivity contribution in [3.63, 3.8) is 0 Å². The SMILES string of the molecule is Cc1nc(COc2ccc(C=CC(=O)N(C)C3CCC(CO)CC3)cc2)cs1. The second kappa shape index (κ2) is 9.85. The molecule has 1 aliphatic carbocycles. The third-order valence-corrected chi connectivity index (χ3v) is 6.14. The highest BCUT2D eigenvalue weighted by Crippen LogP contribution is 2.26. The van der Waals surface area contributed by atoms with Gasteiger partial charge in [0.15, 0.2) is 0 Å². The van der Waals surface area contributed by atoms with Crippen molar-refractivity contribution in [1.82, 2.24) is 9.88 Å². The molecule has 1 aliphatic rings. The van der Waals surface area contributed by atoms with E-state index in [2.05, 4.69) is 4.98 Å². The Bertz CT molecular complexity index is 792. The lowest BCUT2D eigenvalue weighted by Gasteiger charge is -2.33. The number of ether oxygens (including phenoxy) is 1. The molecule has 0 bridgehead atoms. The molecule has 1 amide bonds. The van der Waals surface area contributed by atoms with Gasteiger partial charge < -0.3 is 14.7 Å². The molecule has 0 spiro atoms. The number of thiazole rings is 1. The summed E-state index contributed by atoms with van der Waals surface area (Å²) in [5.74, 6) is 1.20. The van der Waals surface area contributed by atoms with Gasteiger partial charge in [-0.05, 0) is 62.3 Å². The van der Waals surface area contributed by atoms with Crippen molar-refractivity contribution < 1.29 is 14.6 Å². The molecule has 0 saturated heterocycles. The summed E-state index contributed by atoms with van der Waals surface area (Å²) in [6, 6.07) is 7.97. The van der Waals surface area contributed by atoms with Crippen LogP contribution in [0.5, 0.6) is 5.75 Å². The Kier molecular flexibility index (Phi) is 7.23. The van der Waals surface area contributed by atoms with Gasteiger partial charge in [-0.1, -0.05) is 12.1 Å². The number of aliphatic hydroxyl groups excluding tert-OH is 1. The molecule has 1 aromatic carbocycles. The summed E-state index contributed by atoms with van der Waals surface area (Å²) in [6.07, 6.45) is 7.38. The molecule has 1 saturated carbocycles. The average molecular weight is 401 g/mol. The maximum Gasteiger partial charge on any atom is 0.246 e. The normalized spacial score (nSPS) is 19.7. The van der Waals surface area contributed by atoms with E-state index in [-0.39, 0.29) is 18.6 Å². The van der Waals surface area contributed by atoms with E-state index in [1.807, 2.05) is 54.6 Å². The van der Waals surface area contributed by atoms with Crippen LogP contribution in [0.4, 0.5) is 0 Å². The van der Waals surface area contributed by atoms with Crippen LogP contribution in [-0.2, 0) is 11.4 Å². The fourth-order valence-electron chi connectivity index (χ4n) is 3.49. The minimum atomic E-state index is 0.0201. The van der Waals surface area contributed by atoms with Crippen molar-refractivity contribution in [2.45, 2.75) is 45.3 Å². The highest BCUT2D eigenvalue weighted by molar-refractivity contribution is 7.09. The molecule has 1 aromatic heterocycles. The largest absolute Gasteiger partial charge is 0.487 e. The van der Waals surface area contributed by atoms with Crippen LogP contribution in [0.1, 0.15) is 41.9 Å². The summed E-state index contributed by atoms with van der Waals surface area (Å²) < 4.78 is 5.75. The number of carbonyl (C=O) groups is 1. The number of benzene rings is 1. The van der Waals surface area contributed by atoms with E-state index < -0.39 is 0 Å². The zero-order valence-electron chi connectivity index (χ0n) is 16.5. The van der Waals surface area contributed by atoms with Gasteiger partial charge in [0, 0.05) is 31.2 Å². The Morgan fingerprint density at radius 1 is 1.29 bits per heavy atom. The van der Waals surface area contributed by atoms with Crippen molar-refractivity contribution in [2.24, 2.45) is 5.92 Å². The standard InChI is InChI=1S/C22H28N2O3S/c1-16-23-19(15-28-16)14-27-21-10-5-17(6-11-21)7-12-22(26)24(2)20-8-3-18(13-25)4-9-20/h5-7,10-12,15,18,20,25H,3-4,8-9,13-14H2,1-2H3. The van der Waals surface area contributed by atoms with Crippen molar-refractivity contribution in [3.8, 4) is 5.75 Å². The van der Waals surface area contributed by atoms with Gasteiger partial charge in [0.05, 0.1) is 10.7 Å². The maximum atomic E-state index is 12.5. The first kappa shape index (κ1) is 20.6. The number of hydrogen-bond donors (Lipinski definition) is 1. The molecular weight excluding hydrogens is 372 g/mol. The molecular formula is C22H28N2O3S. The molecule has 5 nitrogen and oxygen atoms in total. The Balaban J connectivity index is 1.48. The van der Waals surface area contributed by atoms with E-state index >= 15 is 0 Å². The summed E-state index contributed by atoms with van der Waals surface area (Å²) >= 11 is 1.62. The quantitative estimate of drug-likeness (QED) is 0.712. The van der Waals surface area contributed by atoms with Crippen LogP contribution in [0, 0.1) is 12.8 Å². The maximum absolute atomic E-state index is 12.5. The van der Waals surface area contributed by atoms with E-state index in [1.54, 1.807) is 17.4 Å². The van der Waals surface area contributed by atoms with Crippen LogP contribution < -0.4 is 4.74 Å². The van der Waals surface area contributed by atoms with Crippen LogP contribution in [-0.4, -0.2) is 40.6 Å². The molecule has 3 rings (SSSR count). The Labute approximate surface area is 170 Å². The lowest BCUT2D eigenvalue weighted by molar-refractivity contribution is -0.127. The highest BCUT2D eigenvalue weighted by atomic mass is 32.1. The summed E-state index contributed by atoms with van der Waals surface area (Å²) in [6.45, 7) is 2.70. The fraction of sp³-hybridized carbons (Fsp3) is 0.455. The molecule has 0 aliphatic heterocycles. The molecule has 0 unspecified atom stereocenters. The first-order valence-corrected chi connectivity index (χ1v) is 10.6. The summed E-state index contributed by atoms with van der Waals surface area (Å²) in [4.78, 5) is 18.7. The molecule has 0 atom stereocenters. The molecule has 2 aromatic rings. The fourth-order valence-corrected chi connectivity index (χ4v) is 4.08. The summed E-state index contributed by atoms with van der Waals surface area (Å²) in [5.41, 5.74) is 1.90. The number of amides is 1. The minimum absolute atomic E-state index is 0.0201. The second-order valence-electron chi connectivity index (χ2n) is 7.36. The third kappa shape index (κ3) is 5.66. The van der Waals surface area contributed by atoms with Crippen LogP contribution in [0.15, 0.2) is 35.7 Å². The second-order valence-corrected chi connectivity index (χ2v) is 8.42. The summed E-state index contributed by atoms with van der Waals surface area (Å²) in [7, 11) is 1.87. The number of aromatic nitrogens is 1. The average Bonchev–Trinajstić information content (AvgIpc) is 3.16. The van der Waals surface area contributed by atoms with E-state index in [0.29, 0.717) is 12.5 Å². The molecule has 0 radical (unpaired) electrons. The van der Waals surface area contributed by atoms with Crippen molar-refractivity contribution in [2.75, 3.05) is 13.7 Å². The number of rotatable bonds is 7. The van der Waals surface area contributed by atoms with Crippen LogP contribution >= 0.6 is 11.3 Å². The van der Waals surface area contributed by atoms with E-state index in [9.17, 15) is 9.90 Å². The first-order valence-electron chi connectivity index (χ1n) is 9.74. The highest BCUT2D eigenvalue weighted by Gasteiger charge is 2.25. The molecule has 28 heavy (non-hydrogen) atoms. The van der Waals surface area contributed by atoms with Crippen molar-refractivity contribution >= 4 is 23.3 Å². The van der Waals surface area contributed by atoms with Crippen LogP contribution in [0.3, 0.4) is 0 Å². The van der Waals surface area contributed by atoms with Crippen molar-refractivity contribution in [1.29, 1.82) is 0 Å². The monoisotopic (exact) mass is 400 g/mol. The third-order valence-electron chi connectivity index (χ3n) is 5.32. The lowest BCUT2D eigenvalue weighted by Crippen LogP contribution is -2.39. The number of aryl methyl sites for hydroxylation is 1. The molecule has 6 heteroatoms. The molecule has 150 valence electrons. The number of carbonyl (C=O) groups excluding carboxylic acids is 1. The lowest BCUT2D eigenvalue weighted by atomic mass is 9.86. The first-order chi connectivity index (χ1) is 13.5. The molecule has 1 heterocycles. The zero-order valence-corrected chi connectivity index (χ0v) is 17.3. The van der Waals surface area contributed by atoms with Gasteiger partial charge >= 0.3 is 0 Å². The van der Waals surface area contributed by atoms with Gasteiger partial charge in [0.2, 0.25) is 5.91 Å². The summed E-state index contributed by atoms with van der Waals surface area (Å²) in [5, 5.41) is 12.3. The number of likely N-dealkylation sites (N-methyl/N-ethyl adjacent to an activating group) is 1. The van der Waals surface area contributed by atoms with E-state index in [4.69, 9.17) is 4.74 Å². The minimum Gasteiger partial charge on any atom is -0.487 e. The molecule has 1 N–H and O–H groups in total. The van der Waals surface area contributed by atoms with Crippen LogP contribution in [0.2, 0.25) is 0 Å². The zero-order chi connectivity index (χ0) is 19.9. The van der Waals surface area contributed by atoms with Gasteiger partial charge in [0.25, 0.3) is 0 Å². The van der Waals surface area contributed by atoms with Crippen molar-refractivity contribution in [3.05, 3.63) is 52.0 Å². The predicted molar refractivity (Wildman–Crippen MR) is 112 cm³/mol. The van der Waals surface area contributed by atoms with Gasteiger partial charge in [-0.15, -0.1) is 11.3 Å². The Hall–Kier alpha value is -2.18. The van der Waals surface area contributed by atoms with Gasteiger partial charge in [-0.25, -0.2) is 4.98 Å². The number of aliphatic hydroxyl groups is 1. The Morgan fingerprint density at radius 2 is 2.00 bits per heavy atom. The number of hydrogen-bond acceptors (Lipinski definition) is 5. The van der Waals surface area contributed by atoms with Gasteiger partial charge in [-0.2, -0.15) is 0 Å². The topological polar surface area (TPSA) is 62.7 Å². The van der Waals surface area contributed by atoms with Crippen LogP contribution in [0.25, 0.3) is 6.08 Å². The smallest absolute Gasteiger partial charge is 0.246 e. The van der Waals surface area contributed by atoms with Gasteiger partial charge in [-0.3, -0.25) is 4.79 Å². The van der Waals surface area contributed by atoms with E-state index in [1.165, 1.54) is 0 Å². The number of nitrogens with zero attached hydrogens (tertiary/aromatic N) is 2. The van der Waals surface area contributed by atoms with E-state index in [0.717, 1.165) is 47.7 Å². The Morgan fingerprint density at radius 3 is 2.61 bits per heavy atom.